The topological polar surface area (TPSA) is 98.2 Å². The van der Waals surface area contributed by atoms with E-state index in [9.17, 15) is 8.42 Å². The quantitative estimate of drug-likeness (QED) is 0.826. The van der Waals surface area contributed by atoms with Gasteiger partial charge in [-0.1, -0.05) is 28.4 Å². The molecule has 0 spiro atoms. The van der Waals surface area contributed by atoms with Gasteiger partial charge in [-0.2, -0.15) is 0 Å². The molecule has 0 amide bonds. The van der Waals surface area contributed by atoms with Crippen LogP contribution >= 0.6 is 23.2 Å². The van der Waals surface area contributed by atoms with E-state index in [0.29, 0.717) is 17.0 Å². The highest BCUT2D eigenvalue weighted by Crippen LogP contribution is 2.31. The second kappa shape index (κ2) is 5.84. The van der Waals surface area contributed by atoms with Crippen molar-refractivity contribution >= 4 is 38.9 Å². The molecule has 0 fully saturated rings. The maximum atomic E-state index is 12.3. The van der Waals surface area contributed by atoms with Gasteiger partial charge in [0.05, 0.1) is 16.4 Å². The Morgan fingerprint density at radius 1 is 1.33 bits per heavy atom. The SMILES string of the molecule is Cc1noc(C)c1CNS(=O)(=O)c1c(N)cc(Cl)cc1Cl. The molecular weight excluding hydrogens is 337 g/mol. The Bertz CT molecular complexity index is 745. The number of benzene rings is 1. The van der Waals surface area contributed by atoms with Gasteiger partial charge < -0.3 is 10.3 Å². The summed E-state index contributed by atoms with van der Waals surface area (Å²) in [4.78, 5) is -0.194. The Kier molecular flexibility index (Phi) is 4.48. The number of sulfonamides is 1. The summed E-state index contributed by atoms with van der Waals surface area (Å²) in [6, 6.07) is 2.65. The van der Waals surface area contributed by atoms with Gasteiger partial charge >= 0.3 is 0 Å². The highest BCUT2D eigenvalue weighted by atomic mass is 35.5. The van der Waals surface area contributed by atoms with Crippen molar-refractivity contribution in [3.05, 3.63) is 39.2 Å². The number of nitrogens with one attached hydrogen (secondary N) is 1. The van der Waals surface area contributed by atoms with Crippen molar-refractivity contribution in [3.8, 4) is 0 Å². The third kappa shape index (κ3) is 3.32. The smallest absolute Gasteiger partial charge is 0.244 e. The lowest BCUT2D eigenvalue weighted by Crippen LogP contribution is -2.25. The van der Waals surface area contributed by atoms with E-state index in [2.05, 4.69) is 9.88 Å². The lowest BCUT2D eigenvalue weighted by molar-refractivity contribution is 0.392. The fourth-order valence-electron chi connectivity index (χ4n) is 1.86. The van der Waals surface area contributed by atoms with E-state index in [0.717, 1.165) is 0 Å². The average molecular weight is 350 g/mol. The highest BCUT2D eigenvalue weighted by Gasteiger charge is 2.23. The molecule has 114 valence electrons. The summed E-state index contributed by atoms with van der Waals surface area (Å²) in [7, 11) is -3.88. The first-order chi connectivity index (χ1) is 9.72. The van der Waals surface area contributed by atoms with Crippen molar-refractivity contribution in [2.45, 2.75) is 25.3 Å². The summed E-state index contributed by atoms with van der Waals surface area (Å²) in [6.45, 7) is 3.46. The molecule has 0 aliphatic heterocycles. The van der Waals surface area contributed by atoms with Gasteiger partial charge in [0.15, 0.2) is 0 Å². The molecule has 0 saturated heterocycles. The van der Waals surface area contributed by atoms with Crippen LogP contribution in [-0.4, -0.2) is 13.6 Å². The number of nitrogens with zero attached hydrogens (tertiary/aromatic N) is 1. The van der Waals surface area contributed by atoms with Crippen LogP contribution in [0.25, 0.3) is 0 Å². The molecule has 1 aromatic carbocycles. The summed E-state index contributed by atoms with van der Waals surface area (Å²) >= 11 is 11.7. The zero-order valence-electron chi connectivity index (χ0n) is 11.3. The Balaban J connectivity index is 2.32. The van der Waals surface area contributed by atoms with Crippen LogP contribution in [0.1, 0.15) is 17.0 Å². The number of anilines is 1. The van der Waals surface area contributed by atoms with Crippen molar-refractivity contribution in [2.75, 3.05) is 5.73 Å². The minimum Gasteiger partial charge on any atom is -0.398 e. The molecular formula is C12H13Cl2N3O3S. The van der Waals surface area contributed by atoms with Gasteiger partial charge in [-0.15, -0.1) is 0 Å². The minimum atomic E-state index is -3.88. The van der Waals surface area contributed by atoms with E-state index >= 15 is 0 Å². The lowest BCUT2D eigenvalue weighted by Gasteiger charge is -2.11. The maximum absolute atomic E-state index is 12.3. The van der Waals surface area contributed by atoms with Crippen LogP contribution in [0, 0.1) is 13.8 Å². The second-order valence-electron chi connectivity index (χ2n) is 4.43. The molecule has 0 bridgehead atoms. The number of hydrogen-bond acceptors (Lipinski definition) is 5. The first kappa shape index (κ1) is 16.1. The molecule has 2 rings (SSSR count). The molecule has 0 unspecified atom stereocenters. The standard InChI is InChI=1S/C12H13Cl2N3O3S/c1-6-9(7(2)20-17-6)5-16-21(18,19)12-10(14)3-8(13)4-11(12)15/h3-4,16H,5,15H2,1-2H3. The molecule has 0 radical (unpaired) electrons. The van der Waals surface area contributed by atoms with Gasteiger partial charge in [0.1, 0.15) is 10.7 Å². The van der Waals surface area contributed by atoms with E-state index in [1.807, 2.05) is 0 Å². The zero-order chi connectivity index (χ0) is 15.8. The van der Waals surface area contributed by atoms with Crippen LogP contribution in [0.2, 0.25) is 10.0 Å². The van der Waals surface area contributed by atoms with Crippen molar-refractivity contribution in [1.82, 2.24) is 9.88 Å². The van der Waals surface area contributed by atoms with Gasteiger partial charge in [-0.05, 0) is 26.0 Å². The predicted octanol–water partition coefficient (Wildman–Crippen LogP) is 2.66. The summed E-state index contributed by atoms with van der Waals surface area (Å²) in [5.41, 5.74) is 6.97. The molecule has 1 aromatic heterocycles. The molecule has 21 heavy (non-hydrogen) atoms. The molecule has 0 aliphatic carbocycles. The molecule has 3 N–H and O–H groups in total. The number of aromatic nitrogens is 1. The van der Waals surface area contributed by atoms with Gasteiger partial charge in [0.25, 0.3) is 0 Å². The molecule has 9 heteroatoms. The van der Waals surface area contributed by atoms with Crippen molar-refractivity contribution in [3.63, 3.8) is 0 Å². The first-order valence-electron chi connectivity index (χ1n) is 5.88. The van der Waals surface area contributed by atoms with E-state index < -0.39 is 10.0 Å². The van der Waals surface area contributed by atoms with Crippen LogP contribution in [0.3, 0.4) is 0 Å². The summed E-state index contributed by atoms with van der Waals surface area (Å²) in [6.07, 6.45) is 0. The summed E-state index contributed by atoms with van der Waals surface area (Å²) in [5.74, 6) is 0.547. The summed E-state index contributed by atoms with van der Waals surface area (Å²) in [5, 5.41) is 3.99. The van der Waals surface area contributed by atoms with Crippen LogP contribution in [0.15, 0.2) is 21.6 Å². The van der Waals surface area contributed by atoms with Crippen LogP contribution in [0.5, 0.6) is 0 Å². The van der Waals surface area contributed by atoms with Gasteiger partial charge in [-0.3, -0.25) is 0 Å². The van der Waals surface area contributed by atoms with Gasteiger partial charge in [0, 0.05) is 17.1 Å². The Labute approximate surface area is 132 Å². The monoisotopic (exact) mass is 349 g/mol. The van der Waals surface area contributed by atoms with Crippen LogP contribution in [-0.2, 0) is 16.6 Å². The largest absolute Gasteiger partial charge is 0.398 e. The van der Waals surface area contributed by atoms with E-state index in [1.165, 1.54) is 12.1 Å². The number of halogens is 2. The third-order valence-corrected chi connectivity index (χ3v) is 5.07. The predicted molar refractivity (Wildman–Crippen MR) is 80.9 cm³/mol. The Morgan fingerprint density at radius 2 is 2.00 bits per heavy atom. The van der Waals surface area contributed by atoms with E-state index in [4.69, 9.17) is 33.5 Å². The molecule has 2 aromatic rings. The first-order valence-corrected chi connectivity index (χ1v) is 8.12. The lowest BCUT2D eigenvalue weighted by atomic mass is 10.2. The van der Waals surface area contributed by atoms with Crippen LogP contribution < -0.4 is 10.5 Å². The fourth-order valence-corrected chi connectivity index (χ4v) is 3.83. The Morgan fingerprint density at radius 3 is 2.52 bits per heavy atom. The number of hydrogen-bond donors (Lipinski definition) is 2. The van der Waals surface area contributed by atoms with Crippen molar-refractivity contribution in [1.29, 1.82) is 0 Å². The molecule has 0 saturated carbocycles. The molecule has 0 atom stereocenters. The third-order valence-electron chi connectivity index (χ3n) is 2.93. The zero-order valence-corrected chi connectivity index (χ0v) is 13.6. The number of rotatable bonds is 4. The van der Waals surface area contributed by atoms with Crippen molar-refractivity contribution < 1.29 is 12.9 Å². The fraction of sp³-hybridized carbons (Fsp3) is 0.250. The molecule has 0 aliphatic rings. The van der Waals surface area contributed by atoms with Gasteiger partial charge in [-0.25, -0.2) is 13.1 Å². The second-order valence-corrected chi connectivity index (χ2v) is 6.98. The molecule has 1 heterocycles. The maximum Gasteiger partial charge on any atom is 0.244 e. The number of nitrogens with two attached hydrogens (primary N) is 1. The minimum absolute atomic E-state index is 0.0150. The highest BCUT2D eigenvalue weighted by molar-refractivity contribution is 7.89. The Hall–Kier alpha value is -1.28. The van der Waals surface area contributed by atoms with E-state index in [1.54, 1.807) is 13.8 Å². The number of aryl methyl sites for hydroxylation is 2. The van der Waals surface area contributed by atoms with Crippen molar-refractivity contribution in [2.24, 2.45) is 0 Å². The number of nitrogen functional groups attached to an aromatic ring is 1. The average Bonchev–Trinajstić information content (AvgIpc) is 2.65. The molecule has 6 nitrogen and oxygen atoms in total. The van der Waals surface area contributed by atoms with E-state index in [-0.39, 0.29) is 27.2 Å². The summed E-state index contributed by atoms with van der Waals surface area (Å²) < 4.78 is 32.1. The van der Waals surface area contributed by atoms with Crippen LogP contribution in [0.4, 0.5) is 5.69 Å². The normalized spacial score (nSPS) is 11.8. The van der Waals surface area contributed by atoms with Gasteiger partial charge in [0.2, 0.25) is 10.0 Å².